The molecule has 0 radical (unpaired) electrons. The quantitative estimate of drug-likeness (QED) is 0.539. The van der Waals surface area contributed by atoms with E-state index in [-0.39, 0.29) is 12.2 Å². The van der Waals surface area contributed by atoms with E-state index in [0.717, 1.165) is 10.9 Å². The standard InChI is InChI=1S/C14H15NO5/c1-8-6-13(19)20-14-9(8)2-3-11(16)10(14)7-15-5-4-12(17)18/h2-3,6,15-16H,4-5,7H2,1H3,(H,17,18). The molecule has 0 aliphatic rings. The van der Waals surface area contributed by atoms with Crippen LogP contribution < -0.4 is 16.0 Å². The third kappa shape index (κ3) is 2.97. The number of carboxylic acid groups (broad SMARTS) is 1. The van der Waals surface area contributed by atoms with E-state index in [1.165, 1.54) is 12.1 Å². The maximum absolute atomic E-state index is 11.4. The number of quaternary nitrogens is 1. The van der Waals surface area contributed by atoms with Crippen LogP contribution in [0.2, 0.25) is 0 Å². The van der Waals surface area contributed by atoms with Gasteiger partial charge in [-0.2, -0.15) is 0 Å². The van der Waals surface area contributed by atoms with Gasteiger partial charge in [-0.15, -0.1) is 0 Å². The fourth-order valence-electron chi connectivity index (χ4n) is 2.09. The van der Waals surface area contributed by atoms with E-state index in [1.807, 2.05) is 0 Å². The van der Waals surface area contributed by atoms with Crippen molar-refractivity contribution in [3.8, 4) is 5.75 Å². The van der Waals surface area contributed by atoms with Gasteiger partial charge in [0.1, 0.15) is 12.3 Å². The van der Waals surface area contributed by atoms with Crippen LogP contribution in [0, 0.1) is 6.92 Å². The van der Waals surface area contributed by atoms with Crippen LogP contribution in [0.4, 0.5) is 0 Å². The van der Waals surface area contributed by atoms with Crippen LogP contribution in [0.15, 0.2) is 27.4 Å². The Morgan fingerprint density at radius 2 is 2.20 bits per heavy atom. The van der Waals surface area contributed by atoms with Gasteiger partial charge in [-0.3, -0.25) is 0 Å². The highest BCUT2D eigenvalue weighted by Gasteiger charge is 2.13. The second-order valence-corrected chi connectivity index (χ2v) is 4.59. The molecule has 0 saturated heterocycles. The van der Waals surface area contributed by atoms with Crippen LogP contribution in [0.5, 0.6) is 5.75 Å². The van der Waals surface area contributed by atoms with Crippen LogP contribution >= 0.6 is 0 Å². The number of hydrogen-bond donors (Lipinski definition) is 2. The molecular weight excluding hydrogens is 262 g/mol. The van der Waals surface area contributed by atoms with Crippen molar-refractivity contribution in [1.82, 2.24) is 0 Å². The van der Waals surface area contributed by atoms with Gasteiger partial charge in [0, 0.05) is 23.8 Å². The van der Waals surface area contributed by atoms with E-state index >= 15 is 0 Å². The summed E-state index contributed by atoms with van der Waals surface area (Å²) in [7, 11) is 0. The monoisotopic (exact) mass is 277 g/mol. The van der Waals surface area contributed by atoms with Crippen molar-refractivity contribution < 1.29 is 24.7 Å². The summed E-state index contributed by atoms with van der Waals surface area (Å²) < 4.78 is 5.17. The minimum atomic E-state index is -1.12. The number of aliphatic carboxylic acids is 1. The normalized spacial score (nSPS) is 10.8. The summed E-state index contributed by atoms with van der Waals surface area (Å²) in [6, 6.07) is 4.62. The molecule has 1 aromatic carbocycles. The molecule has 0 aliphatic carbocycles. The van der Waals surface area contributed by atoms with Crippen molar-refractivity contribution in [2.45, 2.75) is 19.9 Å². The first kappa shape index (κ1) is 14.1. The van der Waals surface area contributed by atoms with Crippen LogP contribution in [0.3, 0.4) is 0 Å². The lowest BCUT2D eigenvalue weighted by Gasteiger charge is -2.08. The van der Waals surface area contributed by atoms with Gasteiger partial charge in [0.05, 0.1) is 12.1 Å². The van der Waals surface area contributed by atoms with Crippen molar-refractivity contribution in [3.05, 3.63) is 39.7 Å². The summed E-state index contributed by atoms with van der Waals surface area (Å²) in [5, 5.41) is 22.7. The maximum atomic E-state index is 11.4. The molecule has 0 amide bonds. The molecule has 0 unspecified atom stereocenters. The first-order chi connectivity index (χ1) is 9.49. The highest BCUT2D eigenvalue weighted by Crippen LogP contribution is 2.27. The largest absolute Gasteiger partial charge is 0.550 e. The predicted molar refractivity (Wildman–Crippen MR) is 69.0 cm³/mol. The molecule has 1 heterocycles. The zero-order chi connectivity index (χ0) is 14.7. The summed E-state index contributed by atoms with van der Waals surface area (Å²) in [6.45, 7) is 2.44. The molecule has 0 atom stereocenters. The molecule has 6 heteroatoms. The van der Waals surface area contributed by atoms with Crippen LogP contribution in [-0.2, 0) is 11.3 Å². The molecule has 0 spiro atoms. The number of carbonyl (C=O) groups excluding carboxylic acids is 1. The van der Waals surface area contributed by atoms with Crippen LogP contribution in [0.1, 0.15) is 17.5 Å². The van der Waals surface area contributed by atoms with Gasteiger partial charge in [-0.05, 0) is 24.6 Å². The Labute approximate surface area is 114 Å². The Kier molecular flexibility index (Phi) is 4.05. The lowest BCUT2D eigenvalue weighted by Crippen LogP contribution is -2.83. The third-order valence-corrected chi connectivity index (χ3v) is 3.10. The highest BCUT2D eigenvalue weighted by molar-refractivity contribution is 5.84. The molecule has 106 valence electrons. The summed E-state index contributed by atoms with van der Waals surface area (Å²) >= 11 is 0. The molecule has 0 fully saturated rings. The number of hydrogen-bond acceptors (Lipinski definition) is 5. The molecule has 0 bridgehead atoms. The van der Waals surface area contributed by atoms with Gasteiger partial charge < -0.3 is 24.7 Å². The molecule has 20 heavy (non-hydrogen) atoms. The summed E-state index contributed by atoms with van der Waals surface area (Å²) in [5.41, 5.74) is 1.13. The van der Waals surface area contributed by atoms with E-state index in [1.54, 1.807) is 18.3 Å². The van der Waals surface area contributed by atoms with Gasteiger partial charge in [-0.25, -0.2) is 4.79 Å². The zero-order valence-electron chi connectivity index (χ0n) is 11.0. The van der Waals surface area contributed by atoms with Crippen LogP contribution in [0.25, 0.3) is 11.0 Å². The third-order valence-electron chi connectivity index (χ3n) is 3.10. The average molecular weight is 277 g/mol. The van der Waals surface area contributed by atoms with E-state index in [2.05, 4.69) is 0 Å². The van der Waals surface area contributed by atoms with E-state index < -0.39 is 11.6 Å². The summed E-state index contributed by atoms with van der Waals surface area (Å²) in [6.07, 6.45) is -0.0749. The first-order valence-electron chi connectivity index (χ1n) is 6.26. The number of aryl methyl sites for hydroxylation is 1. The molecule has 0 saturated carbocycles. The van der Waals surface area contributed by atoms with Crippen molar-refractivity contribution in [2.75, 3.05) is 6.54 Å². The fraction of sp³-hybridized carbons (Fsp3) is 0.286. The number of carboxylic acids is 1. The van der Waals surface area contributed by atoms with Gasteiger partial charge in [-0.1, -0.05) is 0 Å². The lowest BCUT2D eigenvalue weighted by molar-refractivity contribution is -0.670. The number of carbonyl (C=O) groups is 1. The Bertz CT molecular complexity index is 705. The number of aromatic hydroxyl groups is 1. The summed E-state index contributed by atoms with van der Waals surface area (Å²) in [5.74, 6) is -1.10. The van der Waals surface area contributed by atoms with Crippen molar-refractivity contribution >= 4 is 16.9 Å². The maximum Gasteiger partial charge on any atom is 0.336 e. The number of nitrogens with two attached hydrogens (primary N) is 1. The number of fused-ring (bicyclic) bond motifs is 1. The number of rotatable bonds is 5. The van der Waals surface area contributed by atoms with Crippen molar-refractivity contribution in [3.63, 3.8) is 0 Å². The minimum Gasteiger partial charge on any atom is -0.550 e. The summed E-state index contributed by atoms with van der Waals surface area (Å²) in [4.78, 5) is 21.8. The SMILES string of the molecule is Cc1cc(=O)oc2c(C[NH2+]CCC(=O)[O-])c(O)ccc12. The van der Waals surface area contributed by atoms with Crippen LogP contribution in [-0.4, -0.2) is 17.6 Å². The molecule has 1 aromatic heterocycles. The van der Waals surface area contributed by atoms with Gasteiger partial charge >= 0.3 is 5.63 Å². The average Bonchev–Trinajstić information content (AvgIpc) is 2.36. The van der Waals surface area contributed by atoms with E-state index in [4.69, 9.17) is 4.42 Å². The number of phenolic OH excluding ortho intramolecular Hbond substituents is 1. The molecule has 3 N–H and O–H groups in total. The Balaban J connectivity index is 2.33. The Morgan fingerprint density at radius 3 is 2.90 bits per heavy atom. The second-order valence-electron chi connectivity index (χ2n) is 4.59. The Morgan fingerprint density at radius 1 is 1.45 bits per heavy atom. The van der Waals surface area contributed by atoms with E-state index in [9.17, 15) is 19.8 Å². The topological polar surface area (TPSA) is 107 Å². The first-order valence-corrected chi connectivity index (χ1v) is 6.26. The fourth-order valence-corrected chi connectivity index (χ4v) is 2.09. The van der Waals surface area contributed by atoms with Crippen molar-refractivity contribution in [2.24, 2.45) is 0 Å². The molecular formula is C14H15NO5. The second kappa shape index (κ2) is 5.75. The molecule has 6 nitrogen and oxygen atoms in total. The molecule has 0 aliphatic heterocycles. The van der Waals surface area contributed by atoms with Crippen molar-refractivity contribution in [1.29, 1.82) is 0 Å². The van der Waals surface area contributed by atoms with Gasteiger partial charge in [0.15, 0.2) is 5.58 Å². The highest BCUT2D eigenvalue weighted by atomic mass is 16.4. The number of benzene rings is 1. The smallest absolute Gasteiger partial charge is 0.336 e. The van der Waals surface area contributed by atoms with Gasteiger partial charge in [0.2, 0.25) is 0 Å². The molecule has 2 rings (SSSR count). The number of phenols is 1. The molecule has 2 aromatic rings. The van der Waals surface area contributed by atoms with Gasteiger partial charge in [0.25, 0.3) is 0 Å². The predicted octanol–water partition coefficient (Wildman–Crippen LogP) is -0.990. The zero-order valence-corrected chi connectivity index (χ0v) is 11.0. The lowest BCUT2D eigenvalue weighted by atomic mass is 10.1. The Hall–Kier alpha value is -2.34. The van der Waals surface area contributed by atoms with E-state index in [0.29, 0.717) is 24.2 Å². The minimum absolute atomic E-state index is 0.0240.